The zero-order valence-electron chi connectivity index (χ0n) is 9.17. The Balaban J connectivity index is 3.62. The van der Waals surface area contributed by atoms with Gasteiger partial charge in [0.25, 0.3) is 0 Å². The molecule has 0 aliphatic carbocycles. The lowest BCUT2D eigenvalue weighted by Crippen LogP contribution is -2.33. The normalized spacial score (nSPS) is 11.2. The molecule has 0 aliphatic heterocycles. The highest BCUT2D eigenvalue weighted by molar-refractivity contribution is 8.13. The van der Waals surface area contributed by atoms with E-state index in [-0.39, 0.29) is 5.12 Å². The fourth-order valence-corrected chi connectivity index (χ4v) is 1.84. The van der Waals surface area contributed by atoms with Crippen LogP contribution in [0.4, 0.5) is 0 Å². The number of nitrogens with zero attached hydrogens (tertiary/aromatic N) is 1. The Morgan fingerprint density at radius 1 is 1.38 bits per heavy atom. The lowest BCUT2D eigenvalue weighted by molar-refractivity contribution is -0.109. The molecule has 0 radical (unpaired) electrons. The lowest BCUT2D eigenvalue weighted by atomic mass is 10.3. The van der Waals surface area contributed by atoms with E-state index in [1.54, 1.807) is 6.92 Å². The third kappa shape index (κ3) is 7.08. The van der Waals surface area contributed by atoms with Crippen molar-refractivity contribution in [2.24, 2.45) is 0 Å². The van der Waals surface area contributed by atoms with Crippen molar-refractivity contribution >= 4 is 16.9 Å². The average molecular weight is 203 g/mol. The fourth-order valence-electron chi connectivity index (χ4n) is 1.22. The summed E-state index contributed by atoms with van der Waals surface area (Å²) in [5.74, 6) is 0.924. The molecule has 0 bridgehead atoms. The number of hydrogen-bond donors (Lipinski definition) is 0. The first-order valence-electron chi connectivity index (χ1n) is 4.95. The van der Waals surface area contributed by atoms with Crippen molar-refractivity contribution in [1.82, 2.24) is 4.90 Å². The molecule has 0 heterocycles. The Morgan fingerprint density at radius 3 is 2.38 bits per heavy atom. The molecule has 13 heavy (non-hydrogen) atoms. The fraction of sp³-hybridized carbons (Fsp3) is 0.900. The van der Waals surface area contributed by atoms with Gasteiger partial charge in [-0.15, -0.1) is 0 Å². The van der Waals surface area contributed by atoms with Crippen molar-refractivity contribution in [2.45, 2.75) is 40.2 Å². The number of carbonyl (C=O) groups excluding carboxylic acids is 1. The molecule has 0 N–H and O–H groups in total. The number of hydrogen-bond acceptors (Lipinski definition) is 3. The van der Waals surface area contributed by atoms with Gasteiger partial charge >= 0.3 is 0 Å². The topological polar surface area (TPSA) is 20.3 Å². The van der Waals surface area contributed by atoms with Gasteiger partial charge in [-0.05, 0) is 26.8 Å². The predicted octanol–water partition coefficient (Wildman–Crippen LogP) is 2.39. The van der Waals surface area contributed by atoms with E-state index < -0.39 is 0 Å². The van der Waals surface area contributed by atoms with Crippen LogP contribution >= 0.6 is 11.8 Å². The lowest BCUT2D eigenvalue weighted by Gasteiger charge is -2.25. The number of thioether (sulfide) groups is 1. The van der Waals surface area contributed by atoms with Crippen LogP contribution in [0.3, 0.4) is 0 Å². The summed E-state index contributed by atoms with van der Waals surface area (Å²) in [7, 11) is 0. The summed E-state index contributed by atoms with van der Waals surface area (Å²) < 4.78 is 0. The molecule has 0 fully saturated rings. The zero-order valence-corrected chi connectivity index (χ0v) is 9.99. The van der Waals surface area contributed by atoms with Gasteiger partial charge in [0.15, 0.2) is 5.12 Å². The summed E-state index contributed by atoms with van der Waals surface area (Å²) in [6.07, 6.45) is 1.18. The van der Waals surface area contributed by atoms with Gasteiger partial charge in [-0.3, -0.25) is 4.79 Å². The van der Waals surface area contributed by atoms with Crippen LogP contribution in [-0.4, -0.2) is 34.9 Å². The highest BCUT2D eigenvalue weighted by Gasteiger charge is 2.07. The van der Waals surface area contributed by atoms with Gasteiger partial charge in [-0.2, -0.15) is 0 Å². The standard InChI is InChI=1S/C10H21NOS/c1-5-6-11(9(2)3)7-8-13-10(4)12/h9H,5-8H2,1-4H3. The van der Waals surface area contributed by atoms with Crippen molar-refractivity contribution in [2.75, 3.05) is 18.8 Å². The Bertz CT molecular complexity index is 148. The third-order valence-corrected chi connectivity index (χ3v) is 2.72. The zero-order chi connectivity index (χ0) is 10.3. The van der Waals surface area contributed by atoms with Crippen molar-refractivity contribution < 1.29 is 4.79 Å². The Hall–Kier alpha value is -0.0200. The molecule has 0 saturated heterocycles. The van der Waals surface area contributed by atoms with Gasteiger partial charge in [0, 0.05) is 25.3 Å². The van der Waals surface area contributed by atoms with E-state index in [1.165, 1.54) is 18.2 Å². The van der Waals surface area contributed by atoms with Crippen LogP contribution in [0.1, 0.15) is 34.1 Å². The summed E-state index contributed by atoms with van der Waals surface area (Å²) in [5, 5.41) is 0.222. The first-order valence-corrected chi connectivity index (χ1v) is 5.93. The van der Waals surface area contributed by atoms with Crippen LogP contribution in [0.15, 0.2) is 0 Å². The minimum Gasteiger partial charge on any atom is -0.300 e. The molecular formula is C10H21NOS. The van der Waals surface area contributed by atoms with E-state index in [2.05, 4.69) is 25.7 Å². The molecule has 0 aromatic rings. The summed E-state index contributed by atoms with van der Waals surface area (Å²) in [4.78, 5) is 13.1. The number of rotatable bonds is 6. The third-order valence-electron chi connectivity index (χ3n) is 1.92. The van der Waals surface area contributed by atoms with E-state index in [9.17, 15) is 4.79 Å². The Morgan fingerprint density at radius 2 is 2.00 bits per heavy atom. The molecule has 0 aromatic carbocycles. The molecule has 0 aliphatic rings. The van der Waals surface area contributed by atoms with Crippen molar-refractivity contribution in [1.29, 1.82) is 0 Å². The smallest absolute Gasteiger partial charge is 0.185 e. The maximum absolute atomic E-state index is 10.7. The summed E-state index contributed by atoms with van der Waals surface area (Å²) >= 11 is 1.42. The first kappa shape index (κ1) is 13.0. The second-order valence-electron chi connectivity index (χ2n) is 3.47. The highest BCUT2D eigenvalue weighted by atomic mass is 32.2. The quantitative estimate of drug-likeness (QED) is 0.661. The van der Waals surface area contributed by atoms with Crippen molar-refractivity contribution in [3.05, 3.63) is 0 Å². The molecule has 2 nitrogen and oxygen atoms in total. The van der Waals surface area contributed by atoms with Crippen LogP contribution in [0.25, 0.3) is 0 Å². The molecule has 0 aromatic heterocycles. The van der Waals surface area contributed by atoms with E-state index >= 15 is 0 Å². The first-order chi connectivity index (χ1) is 6.07. The van der Waals surface area contributed by atoms with E-state index in [0.717, 1.165) is 18.8 Å². The largest absolute Gasteiger partial charge is 0.300 e. The molecular weight excluding hydrogens is 182 g/mol. The molecule has 0 unspecified atom stereocenters. The second kappa shape index (κ2) is 7.39. The van der Waals surface area contributed by atoms with Gasteiger partial charge < -0.3 is 4.90 Å². The van der Waals surface area contributed by atoms with Crippen molar-refractivity contribution in [3.8, 4) is 0 Å². The monoisotopic (exact) mass is 203 g/mol. The summed E-state index contributed by atoms with van der Waals surface area (Å²) in [6, 6.07) is 0.590. The summed E-state index contributed by atoms with van der Waals surface area (Å²) in [6.45, 7) is 10.4. The van der Waals surface area contributed by atoms with Gasteiger partial charge in [-0.25, -0.2) is 0 Å². The Labute approximate surface area is 86.1 Å². The van der Waals surface area contributed by atoms with E-state index in [0.29, 0.717) is 6.04 Å². The second-order valence-corrected chi connectivity index (χ2v) is 4.74. The molecule has 78 valence electrons. The van der Waals surface area contributed by atoms with Gasteiger partial charge in [0.1, 0.15) is 0 Å². The van der Waals surface area contributed by atoms with E-state index in [4.69, 9.17) is 0 Å². The molecule has 0 atom stereocenters. The van der Waals surface area contributed by atoms with Gasteiger partial charge in [0.05, 0.1) is 0 Å². The van der Waals surface area contributed by atoms with Gasteiger partial charge in [0.2, 0.25) is 0 Å². The van der Waals surface area contributed by atoms with Crippen molar-refractivity contribution in [3.63, 3.8) is 0 Å². The SMILES string of the molecule is CCCN(CCSC(C)=O)C(C)C. The van der Waals surface area contributed by atoms with Crippen LogP contribution in [-0.2, 0) is 4.79 Å². The maximum Gasteiger partial charge on any atom is 0.185 e. The van der Waals surface area contributed by atoms with Crippen LogP contribution in [0, 0.1) is 0 Å². The minimum atomic E-state index is 0.222. The summed E-state index contributed by atoms with van der Waals surface area (Å²) in [5.41, 5.74) is 0. The van der Waals surface area contributed by atoms with E-state index in [1.807, 2.05) is 0 Å². The average Bonchev–Trinajstić information content (AvgIpc) is 2.02. The molecule has 3 heteroatoms. The Kier molecular flexibility index (Phi) is 7.38. The minimum absolute atomic E-state index is 0.222. The molecule has 0 saturated carbocycles. The van der Waals surface area contributed by atoms with Crippen LogP contribution < -0.4 is 0 Å². The van der Waals surface area contributed by atoms with Crippen LogP contribution in [0.5, 0.6) is 0 Å². The maximum atomic E-state index is 10.7. The van der Waals surface area contributed by atoms with Crippen LogP contribution in [0.2, 0.25) is 0 Å². The molecule has 0 rings (SSSR count). The predicted molar refractivity (Wildman–Crippen MR) is 60.1 cm³/mol. The number of carbonyl (C=O) groups is 1. The molecule has 0 spiro atoms. The van der Waals surface area contributed by atoms with Gasteiger partial charge in [-0.1, -0.05) is 18.7 Å². The highest BCUT2D eigenvalue weighted by Crippen LogP contribution is 2.05. The molecule has 0 amide bonds.